The van der Waals surface area contributed by atoms with Gasteiger partial charge in [-0.3, -0.25) is 4.79 Å². The molecule has 1 aromatic carbocycles. The molecular formula is C21H30N2O2. The second kappa shape index (κ2) is 7.46. The van der Waals surface area contributed by atoms with Crippen LogP contribution in [0.25, 0.3) is 0 Å². The van der Waals surface area contributed by atoms with Crippen LogP contribution in [-0.2, 0) is 12.8 Å². The molecule has 2 unspecified atom stereocenters. The molecule has 2 fully saturated rings. The molecule has 2 saturated heterocycles. The van der Waals surface area contributed by atoms with Crippen LogP contribution in [-0.4, -0.2) is 60.1 Å². The minimum absolute atomic E-state index is 0.147. The molecule has 1 aliphatic carbocycles. The highest BCUT2D eigenvalue weighted by molar-refractivity contribution is 5.94. The van der Waals surface area contributed by atoms with E-state index in [1.807, 2.05) is 11.0 Å². The van der Waals surface area contributed by atoms with E-state index in [9.17, 15) is 9.90 Å². The number of benzene rings is 1. The number of likely N-dealkylation sites (tertiary alicyclic amines) is 2. The van der Waals surface area contributed by atoms with Gasteiger partial charge in [-0.05, 0) is 74.4 Å². The zero-order chi connectivity index (χ0) is 17.2. The van der Waals surface area contributed by atoms with Crippen molar-refractivity contribution in [1.29, 1.82) is 0 Å². The zero-order valence-electron chi connectivity index (χ0n) is 15.1. The van der Waals surface area contributed by atoms with Gasteiger partial charge in [-0.1, -0.05) is 12.5 Å². The number of fused-ring (bicyclic) bond motifs is 1. The van der Waals surface area contributed by atoms with Crippen molar-refractivity contribution in [2.75, 3.05) is 39.3 Å². The third kappa shape index (κ3) is 3.61. The van der Waals surface area contributed by atoms with Gasteiger partial charge < -0.3 is 14.9 Å². The van der Waals surface area contributed by atoms with Gasteiger partial charge >= 0.3 is 0 Å². The quantitative estimate of drug-likeness (QED) is 0.913. The molecule has 0 aromatic heterocycles. The Kier molecular flexibility index (Phi) is 5.09. The van der Waals surface area contributed by atoms with Gasteiger partial charge in [0, 0.05) is 37.7 Å². The Hall–Kier alpha value is -1.39. The number of hydrogen-bond acceptors (Lipinski definition) is 3. The summed E-state index contributed by atoms with van der Waals surface area (Å²) in [5.41, 5.74) is 3.60. The maximum absolute atomic E-state index is 13.0. The second-order valence-corrected chi connectivity index (χ2v) is 8.11. The van der Waals surface area contributed by atoms with Gasteiger partial charge in [0.1, 0.15) is 0 Å². The monoisotopic (exact) mass is 342 g/mol. The average molecular weight is 342 g/mol. The van der Waals surface area contributed by atoms with Crippen molar-refractivity contribution in [2.45, 2.75) is 38.5 Å². The lowest BCUT2D eigenvalue weighted by Crippen LogP contribution is -2.37. The average Bonchev–Trinajstić information content (AvgIpc) is 3.28. The Balaban J connectivity index is 1.42. The van der Waals surface area contributed by atoms with E-state index in [4.69, 9.17) is 0 Å². The fourth-order valence-electron chi connectivity index (χ4n) is 4.88. The summed E-state index contributed by atoms with van der Waals surface area (Å²) < 4.78 is 0. The molecule has 136 valence electrons. The van der Waals surface area contributed by atoms with Gasteiger partial charge in [-0.25, -0.2) is 0 Å². The van der Waals surface area contributed by atoms with E-state index in [0.29, 0.717) is 12.5 Å². The number of aliphatic hydroxyl groups excluding tert-OH is 1. The number of amides is 1. The lowest BCUT2D eigenvalue weighted by molar-refractivity contribution is 0.0778. The van der Waals surface area contributed by atoms with Gasteiger partial charge in [0.2, 0.25) is 0 Å². The Morgan fingerprint density at radius 3 is 2.56 bits per heavy atom. The van der Waals surface area contributed by atoms with Crippen LogP contribution in [0.3, 0.4) is 0 Å². The highest BCUT2D eigenvalue weighted by Gasteiger charge is 2.36. The van der Waals surface area contributed by atoms with Crippen molar-refractivity contribution in [3.05, 3.63) is 34.9 Å². The smallest absolute Gasteiger partial charge is 0.253 e. The minimum atomic E-state index is 0.147. The third-order valence-electron chi connectivity index (χ3n) is 6.39. The van der Waals surface area contributed by atoms with Crippen molar-refractivity contribution >= 4 is 5.91 Å². The molecule has 0 bridgehead atoms. The topological polar surface area (TPSA) is 43.8 Å². The van der Waals surface area contributed by atoms with E-state index in [-0.39, 0.29) is 18.4 Å². The molecule has 2 atom stereocenters. The first kappa shape index (κ1) is 17.0. The molecule has 0 spiro atoms. The van der Waals surface area contributed by atoms with E-state index < -0.39 is 0 Å². The standard InChI is InChI=1S/C21H30N2O2/c24-15-20-14-23(13-19(20)12-22-9-2-1-3-10-22)21(25)18-8-7-16-5-4-6-17(16)11-18/h7-8,11,19-20,24H,1-6,9-10,12-15H2. The number of rotatable bonds is 4. The van der Waals surface area contributed by atoms with Crippen LogP contribution >= 0.6 is 0 Å². The minimum Gasteiger partial charge on any atom is -0.396 e. The van der Waals surface area contributed by atoms with Crippen molar-refractivity contribution < 1.29 is 9.90 Å². The first-order valence-corrected chi connectivity index (χ1v) is 9.99. The summed E-state index contributed by atoms with van der Waals surface area (Å²) in [7, 11) is 0. The van der Waals surface area contributed by atoms with Crippen molar-refractivity contribution in [3.8, 4) is 0 Å². The van der Waals surface area contributed by atoms with Gasteiger partial charge in [-0.15, -0.1) is 0 Å². The summed E-state index contributed by atoms with van der Waals surface area (Å²) in [6.45, 7) is 5.05. The first-order valence-electron chi connectivity index (χ1n) is 9.99. The lowest BCUT2D eigenvalue weighted by atomic mass is 9.95. The number of piperidine rings is 1. The molecule has 3 aliphatic rings. The molecule has 0 saturated carbocycles. The second-order valence-electron chi connectivity index (χ2n) is 8.11. The molecule has 4 nitrogen and oxygen atoms in total. The predicted octanol–water partition coefficient (Wildman–Crippen LogP) is 2.34. The molecule has 2 heterocycles. The molecular weight excluding hydrogens is 312 g/mol. The van der Waals surface area contributed by atoms with Crippen LogP contribution in [0.4, 0.5) is 0 Å². The number of aliphatic hydroxyl groups is 1. The molecule has 1 N–H and O–H groups in total. The summed E-state index contributed by atoms with van der Waals surface area (Å²) in [5.74, 6) is 0.774. The van der Waals surface area contributed by atoms with E-state index in [0.717, 1.165) is 31.5 Å². The number of carbonyl (C=O) groups excluding carboxylic acids is 1. The molecule has 0 radical (unpaired) electrons. The van der Waals surface area contributed by atoms with Gasteiger partial charge in [0.25, 0.3) is 5.91 Å². The highest BCUT2D eigenvalue weighted by Crippen LogP contribution is 2.28. The van der Waals surface area contributed by atoms with Crippen molar-refractivity contribution in [3.63, 3.8) is 0 Å². The normalized spacial score (nSPS) is 26.8. The summed E-state index contributed by atoms with van der Waals surface area (Å²) in [4.78, 5) is 17.5. The fraction of sp³-hybridized carbons (Fsp3) is 0.667. The molecule has 25 heavy (non-hydrogen) atoms. The molecule has 4 heteroatoms. The highest BCUT2D eigenvalue weighted by atomic mass is 16.3. The SMILES string of the molecule is O=C(c1ccc2c(c1)CCC2)N1CC(CO)C(CN2CCCCC2)C1. The van der Waals surface area contributed by atoms with Crippen molar-refractivity contribution in [1.82, 2.24) is 9.80 Å². The summed E-state index contributed by atoms with van der Waals surface area (Å²) in [6, 6.07) is 6.25. The zero-order valence-corrected chi connectivity index (χ0v) is 15.1. The number of carbonyl (C=O) groups is 1. The maximum atomic E-state index is 13.0. The van der Waals surface area contributed by atoms with E-state index in [1.54, 1.807) is 0 Å². The van der Waals surface area contributed by atoms with Crippen molar-refractivity contribution in [2.24, 2.45) is 11.8 Å². The molecule has 1 amide bonds. The van der Waals surface area contributed by atoms with Gasteiger partial charge in [0.15, 0.2) is 0 Å². The largest absolute Gasteiger partial charge is 0.396 e. The molecule has 2 aliphatic heterocycles. The van der Waals surface area contributed by atoms with E-state index >= 15 is 0 Å². The molecule has 4 rings (SSSR count). The van der Waals surface area contributed by atoms with Crippen LogP contribution in [0, 0.1) is 11.8 Å². The van der Waals surface area contributed by atoms with E-state index in [1.165, 1.54) is 49.9 Å². The summed E-state index contributed by atoms with van der Waals surface area (Å²) >= 11 is 0. The maximum Gasteiger partial charge on any atom is 0.253 e. The summed E-state index contributed by atoms with van der Waals surface area (Å²) in [6.07, 6.45) is 7.38. The van der Waals surface area contributed by atoms with Crippen LogP contribution in [0.2, 0.25) is 0 Å². The van der Waals surface area contributed by atoms with Crippen LogP contribution in [0.1, 0.15) is 47.2 Å². The molecule has 1 aromatic rings. The summed E-state index contributed by atoms with van der Waals surface area (Å²) in [5, 5.41) is 9.81. The van der Waals surface area contributed by atoms with Crippen LogP contribution in [0.15, 0.2) is 18.2 Å². The Labute approximate surface area is 150 Å². The number of hydrogen-bond donors (Lipinski definition) is 1. The lowest BCUT2D eigenvalue weighted by Gasteiger charge is -2.30. The van der Waals surface area contributed by atoms with Crippen LogP contribution in [0.5, 0.6) is 0 Å². The third-order valence-corrected chi connectivity index (χ3v) is 6.39. The first-order chi connectivity index (χ1) is 12.2. The van der Waals surface area contributed by atoms with E-state index in [2.05, 4.69) is 17.0 Å². The number of aryl methyl sites for hydroxylation is 2. The predicted molar refractivity (Wildman–Crippen MR) is 98.7 cm³/mol. The van der Waals surface area contributed by atoms with Gasteiger partial charge in [0.05, 0.1) is 0 Å². The Bertz CT molecular complexity index is 624. The number of nitrogens with zero attached hydrogens (tertiary/aromatic N) is 2. The van der Waals surface area contributed by atoms with Crippen LogP contribution < -0.4 is 0 Å². The Morgan fingerprint density at radius 1 is 1.00 bits per heavy atom. The van der Waals surface area contributed by atoms with Gasteiger partial charge in [-0.2, -0.15) is 0 Å². The Morgan fingerprint density at radius 2 is 1.76 bits per heavy atom. The fourth-order valence-corrected chi connectivity index (χ4v) is 4.88.